The largest absolute Gasteiger partial charge is 0.464 e. The van der Waals surface area contributed by atoms with Gasteiger partial charge in [-0.05, 0) is 25.0 Å². The number of hydrogen-bond acceptors (Lipinski definition) is 5. The summed E-state index contributed by atoms with van der Waals surface area (Å²) in [7, 11) is 0.675. The molecule has 1 aromatic heterocycles. The van der Waals surface area contributed by atoms with Crippen molar-refractivity contribution in [3.63, 3.8) is 0 Å². The predicted octanol–water partition coefficient (Wildman–Crippen LogP) is 1.19. The Kier molecular flexibility index (Phi) is 4.30. The molecule has 1 aliphatic heterocycles. The number of carbonyl (C=O) groups excluding carboxylic acids is 1. The fourth-order valence-electron chi connectivity index (χ4n) is 1.91. The lowest BCUT2D eigenvalue weighted by atomic mass is 10.1. The van der Waals surface area contributed by atoms with E-state index in [4.69, 9.17) is 0 Å². The Hall–Kier alpha value is -1.43. The number of carbonyl (C=O) groups is 1. The molecule has 0 atom stereocenters. The van der Waals surface area contributed by atoms with Crippen LogP contribution in [0.5, 0.6) is 0 Å². The number of methoxy groups -OCH3 is 1. The summed E-state index contributed by atoms with van der Waals surface area (Å²) in [6.07, 6.45) is 3.36. The molecule has 6 heteroatoms. The summed E-state index contributed by atoms with van der Waals surface area (Å²) in [5.41, 5.74) is 1.14. The van der Waals surface area contributed by atoms with Crippen molar-refractivity contribution in [3.8, 4) is 0 Å². The van der Waals surface area contributed by atoms with E-state index in [-0.39, 0.29) is 0 Å². The topological polar surface area (TPSA) is 68.3 Å². The number of anilines is 1. The van der Waals surface area contributed by atoms with Crippen LogP contribution >= 0.6 is 0 Å². The number of esters is 1. The third-order valence-corrected chi connectivity index (χ3v) is 4.30. The van der Waals surface area contributed by atoms with Crippen molar-refractivity contribution in [2.45, 2.75) is 18.9 Å². The number of nitrogens with zero attached hydrogens (tertiary/aromatic N) is 1. The van der Waals surface area contributed by atoms with Gasteiger partial charge < -0.3 is 10.1 Å². The second-order valence-corrected chi connectivity index (χ2v) is 5.88. The SMILES string of the molecule is COC(=O)c1cc(NC2CCS(=O)CC2)ccn1. The van der Waals surface area contributed by atoms with Gasteiger partial charge in [-0.15, -0.1) is 0 Å². The third-order valence-electron chi connectivity index (χ3n) is 2.91. The van der Waals surface area contributed by atoms with Gasteiger partial charge in [0.2, 0.25) is 0 Å². The predicted molar refractivity (Wildman–Crippen MR) is 70.1 cm³/mol. The minimum Gasteiger partial charge on any atom is -0.464 e. The van der Waals surface area contributed by atoms with Crippen LogP contribution in [0.25, 0.3) is 0 Å². The zero-order chi connectivity index (χ0) is 13.0. The summed E-state index contributed by atoms with van der Waals surface area (Å²) in [5, 5.41) is 3.34. The zero-order valence-electron chi connectivity index (χ0n) is 10.2. The molecule has 5 nitrogen and oxygen atoms in total. The highest BCUT2D eigenvalue weighted by Crippen LogP contribution is 2.16. The van der Waals surface area contributed by atoms with Crippen molar-refractivity contribution in [3.05, 3.63) is 24.0 Å². The average molecular weight is 268 g/mol. The smallest absolute Gasteiger partial charge is 0.356 e. The molecule has 0 aromatic carbocycles. The van der Waals surface area contributed by atoms with Crippen LogP contribution in [0.1, 0.15) is 23.3 Å². The lowest BCUT2D eigenvalue weighted by Crippen LogP contribution is -2.29. The molecule has 1 fully saturated rings. The highest BCUT2D eigenvalue weighted by Gasteiger charge is 2.18. The first kappa shape index (κ1) is 13.0. The van der Waals surface area contributed by atoms with E-state index < -0.39 is 16.8 Å². The van der Waals surface area contributed by atoms with Crippen LogP contribution in [0.4, 0.5) is 5.69 Å². The van der Waals surface area contributed by atoms with Crippen molar-refractivity contribution in [2.75, 3.05) is 23.9 Å². The Morgan fingerprint density at radius 3 is 2.89 bits per heavy atom. The summed E-state index contributed by atoms with van der Waals surface area (Å²) >= 11 is 0. The lowest BCUT2D eigenvalue weighted by molar-refractivity contribution is 0.0594. The summed E-state index contributed by atoms with van der Waals surface area (Å²) in [5.74, 6) is 1.04. The van der Waals surface area contributed by atoms with E-state index in [2.05, 4.69) is 15.0 Å². The zero-order valence-corrected chi connectivity index (χ0v) is 11.0. The van der Waals surface area contributed by atoms with Crippen LogP contribution in [0.2, 0.25) is 0 Å². The van der Waals surface area contributed by atoms with Gasteiger partial charge in [-0.1, -0.05) is 0 Å². The van der Waals surface area contributed by atoms with Crippen LogP contribution in [-0.2, 0) is 15.5 Å². The molecule has 2 heterocycles. The van der Waals surface area contributed by atoms with Crippen LogP contribution in [0.3, 0.4) is 0 Å². The summed E-state index contributed by atoms with van der Waals surface area (Å²) in [4.78, 5) is 15.3. The normalized spacial score (nSPS) is 23.4. The molecular weight excluding hydrogens is 252 g/mol. The fraction of sp³-hybridized carbons (Fsp3) is 0.500. The average Bonchev–Trinajstić information content (AvgIpc) is 2.41. The first-order valence-electron chi connectivity index (χ1n) is 5.85. The molecule has 2 rings (SSSR count). The Morgan fingerprint density at radius 1 is 1.50 bits per heavy atom. The Morgan fingerprint density at radius 2 is 2.22 bits per heavy atom. The van der Waals surface area contributed by atoms with Gasteiger partial charge >= 0.3 is 5.97 Å². The van der Waals surface area contributed by atoms with Crippen molar-refractivity contribution in [1.82, 2.24) is 4.98 Å². The number of aromatic nitrogens is 1. The van der Waals surface area contributed by atoms with E-state index in [0.29, 0.717) is 11.7 Å². The number of nitrogens with one attached hydrogen (secondary N) is 1. The lowest BCUT2D eigenvalue weighted by Gasteiger charge is -2.23. The monoisotopic (exact) mass is 268 g/mol. The molecule has 0 bridgehead atoms. The summed E-state index contributed by atoms with van der Waals surface area (Å²) in [6.45, 7) is 0. The third kappa shape index (κ3) is 3.29. The van der Waals surface area contributed by atoms with Crippen molar-refractivity contribution < 1.29 is 13.7 Å². The minimum absolute atomic E-state index is 0.293. The second kappa shape index (κ2) is 5.95. The van der Waals surface area contributed by atoms with Gasteiger partial charge in [0.05, 0.1) is 7.11 Å². The van der Waals surface area contributed by atoms with E-state index >= 15 is 0 Å². The highest BCUT2D eigenvalue weighted by molar-refractivity contribution is 7.85. The van der Waals surface area contributed by atoms with E-state index in [9.17, 15) is 9.00 Å². The molecule has 1 aliphatic rings. The maximum Gasteiger partial charge on any atom is 0.356 e. The van der Waals surface area contributed by atoms with Crippen molar-refractivity contribution >= 4 is 22.5 Å². The highest BCUT2D eigenvalue weighted by atomic mass is 32.2. The first-order valence-corrected chi connectivity index (χ1v) is 7.33. The van der Waals surface area contributed by atoms with E-state index in [1.165, 1.54) is 7.11 Å². The Balaban J connectivity index is 2.01. The number of rotatable bonds is 3. The molecule has 1 saturated heterocycles. The van der Waals surface area contributed by atoms with Gasteiger partial charge in [-0.25, -0.2) is 9.78 Å². The van der Waals surface area contributed by atoms with Gasteiger partial charge in [0.25, 0.3) is 0 Å². The van der Waals surface area contributed by atoms with Gasteiger partial charge in [-0.2, -0.15) is 0 Å². The maximum absolute atomic E-state index is 11.3. The molecule has 0 amide bonds. The number of pyridine rings is 1. The van der Waals surface area contributed by atoms with E-state index in [1.54, 1.807) is 12.3 Å². The van der Waals surface area contributed by atoms with E-state index in [1.807, 2.05) is 6.07 Å². The molecule has 0 aliphatic carbocycles. The Bertz CT molecular complexity index is 454. The summed E-state index contributed by atoms with van der Waals surface area (Å²) in [6, 6.07) is 3.81. The van der Waals surface area contributed by atoms with E-state index in [0.717, 1.165) is 30.0 Å². The summed E-state index contributed by atoms with van der Waals surface area (Å²) < 4.78 is 15.9. The Labute approximate surface area is 108 Å². The fourth-order valence-corrected chi connectivity index (χ4v) is 3.21. The van der Waals surface area contributed by atoms with Gasteiger partial charge in [0, 0.05) is 40.2 Å². The molecule has 1 aromatic rings. The molecule has 0 radical (unpaired) electrons. The molecule has 0 saturated carbocycles. The molecule has 0 unspecified atom stereocenters. The van der Waals surface area contributed by atoms with Crippen LogP contribution in [-0.4, -0.2) is 39.8 Å². The minimum atomic E-state index is -0.659. The van der Waals surface area contributed by atoms with Crippen LogP contribution in [0.15, 0.2) is 18.3 Å². The quantitative estimate of drug-likeness (QED) is 0.834. The second-order valence-electron chi connectivity index (χ2n) is 4.19. The number of hydrogen-bond donors (Lipinski definition) is 1. The molecule has 18 heavy (non-hydrogen) atoms. The van der Waals surface area contributed by atoms with Crippen molar-refractivity contribution in [1.29, 1.82) is 0 Å². The molecule has 98 valence electrons. The molecule has 0 spiro atoms. The standard InChI is InChI=1S/C12H16N2O3S/c1-17-12(15)11-8-10(2-5-13-11)14-9-3-6-18(16)7-4-9/h2,5,8-9H,3-4,6-7H2,1H3,(H,13,14). The van der Waals surface area contributed by atoms with Gasteiger partial charge in [-0.3, -0.25) is 4.21 Å². The molecule has 1 N–H and O–H groups in total. The first-order chi connectivity index (χ1) is 8.69. The maximum atomic E-state index is 11.3. The van der Waals surface area contributed by atoms with Crippen LogP contribution < -0.4 is 5.32 Å². The van der Waals surface area contributed by atoms with Crippen molar-refractivity contribution in [2.24, 2.45) is 0 Å². The van der Waals surface area contributed by atoms with Crippen LogP contribution in [0, 0.1) is 0 Å². The van der Waals surface area contributed by atoms with Gasteiger partial charge in [0.15, 0.2) is 0 Å². The molecular formula is C12H16N2O3S. The number of ether oxygens (including phenoxy) is 1. The van der Waals surface area contributed by atoms with Gasteiger partial charge in [0.1, 0.15) is 5.69 Å².